The van der Waals surface area contributed by atoms with Crippen LogP contribution in [-0.4, -0.2) is 46.3 Å². The second-order valence-electron chi connectivity index (χ2n) is 7.68. The van der Waals surface area contributed by atoms with Crippen LogP contribution in [0.15, 0.2) is 41.6 Å². The fourth-order valence-corrected chi connectivity index (χ4v) is 4.15. The predicted octanol–water partition coefficient (Wildman–Crippen LogP) is 4.10. The fraction of sp³-hybridized carbons (Fsp3) is 0.400. The SMILES string of the molecule is COc1cc(F)ccc1[C@H]1C[C@@](C)(C(F)(F)F)O[C@@H]1C(=O)Nc1ccnc([S@](C)(=N)=O)c1. The Morgan fingerprint density at radius 2 is 2.03 bits per heavy atom. The molecule has 0 bridgehead atoms. The van der Waals surface area contributed by atoms with E-state index in [4.69, 9.17) is 14.3 Å². The molecule has 0 aliphatic carbocycles. The Morgan fingerprint density at radius 3 is 2.62 bits per heavy atom. The van der Waals surface area contributed by atoms with Gasteiger partial charge < -0.3 is 14.8 Å². The van der Waals surface area contributed by atoms with Crippen LogP contribution in [0.25, 0.3) is 0 Å². The van der Waals surface area contributed by atoms with E-state index in [9.17, 15) is 26.6 Å². The molecule has 1 aliphatic rings. The Hall–Kier alpha value is -2.73. The lowest BCUT2D eigenvalue weighted by Gasteiger charge is -2.27. The number of nitrogens with one attached hydrogen (secondary N) is 2. The van der Waals surface area contributed by atoms with Gasteiger partial charge in [-0.3, -0.25) is 4.79 Å². The van der Waals surface area contributed by atoms with Gasteiger partial charge in [-0.25, -0.2) is 18.4 Å². The third kappa shape index (κ3) is 4.70. The summed E-state index contributed by atoms with van der Waals surface area (Å²) in [5.74, 6) is -2.63. The number of halogens is 4. The van der Waals surface area contributed by atoms with Crippen molar-refractivity contribution < 1.29 is 36.0 Å². The van der Waals surface area contributed by atoms with Gasteiger partial charge in [0.1, 0.15) is 22.7 Å². The smallest absolute Gasteiger partial charge is 0.417 e. The number of alkyl halides is 3. The van der Waals surface area contributed by atoms with Gasteiger partial charge in [0.05, 0.1) is 16.8 Å². The Labute approximate surface area is 182 Å². The lowest BCUT2D eigenvalue weighted by molar-refractivity contribution is -0.261. The van der Waals surface area contributed by atoms with Gasteiger partial charge in [-0.05, 0) is 31.5 Å². The van der Waals surface area contributed by atoms with Gasteiger partial charge in [-0.1, -0.05) is 6.07 Å². The predicted molar refractivity (Wildman–Crippen MR) is 108 cm³/mol. The highest BCUT2D eigenvalue weighted by atomic mass is 32.2. The van der Waals surface area contributed by atoms with Crippen molar-refractivity contribution in [1.82, 2.24) is 4.98 Å². The van der Waals surface area contributed by atoms with E-state index in [2.05, 4.69) is 10.3 Å². The molecule has 32 heavy (non-hydrogen) atoms. The van der Waals surface area contributed by atoms with Crippen molar-refractivity contribution in [3.63, 3.8) is 0 Å². The summed E-state index contributed by atoms with van der Waals surface area (Å²) in [7, 11) is -1.94. The molecule has 0 radical (unpaired) electrons. The molecule has 3 rings (SSSR count). The van der Waals surface area contributed by atoms with E-state index >= 15 is 0 Å². The number of carbonyl (C=O) groups excluding carboxylic acids is 1. The first-order valence-electron chi connectivity index (χ1n) is 9.34. The lowest BCUT2D eigenvalue weighted by Crippen LogP contribution is -2.43. The quantitative estimate of drug-likeness (QED) is 0.635. The van der Waals surface area contributed by atoms with E-state index in [0.717, 1.165) is 25.3 Å². The molecule has 2 N–H and O–H groups in total. The molecule has 4 atom stereocenters. The molecule has 174 valence electrons. The first-order valence-corrected chi connectivity index (χ1v) is 11.3. The van der Waals surface area contributed by atoms with E-state index in [1.165, 1.54) is 31.5 Å². The van der Waals surface area contributed by atoms with E-state index in [1.807, 2.05) is 0 Å². The first kappa shape index (κ1) is 23.9. The van der Waals surface area contributed by atoms with Crippen LogP contribution in [0.3, 0.4) is 0 Å². The fourth-order valence-electron chi connectivity index (χ4n) is 3.53. The van der Waals surface area contributed by atoms with Gasteiger partial charge in [-0.15, -0.1) is 0 Å². The number of rotatable bonds is 5. The van der Waals surface area contributed by atoms with Gasteiger partial charge in [0.25, 0.3) is 5.91 Å². The molecule has 0 spiro atoms. The van der Waals surface area contributed by atoms with Crippen LogP contribution < -0.4 is 10.1 Å². The highest BCUT2D eigenvalue weighted by molar-refractivity contribution is 7.91. The molecule has 1 aromatic heterocycles. The number of hydrogen-bond acceptors (Lipinski definition) is 6. The van der Waals surface area contributed by atoms with Crippen LogP contribution in [0.1, 0.15) is 24.8 Å². The Bertz CT molecular complexity index is 1140. The van der Waals surface area contributed by atoms with Crippen LogP contribution in [0.5, 0.6) is 5.75 Å². The molecule has 0 saturated carbocycles. The summed E-state index contributed by atoms with van der Waals surface area (Å²) in [5.41, 5.74) is -2.34. The van der Waals surface area contributed by atoms with Crippen molar-refractivity contribution in [2.75, 3.05) is 18.7 Å². The summed E-state index contributed by atoms with van der Waals surface area (Å²) in [4.78, 5) is 16.8. The van der Waals surface area contributed by atoms with Crippen molar-refractivity contribution in [2.24, 2.45) is 0 Å². The number of amides is 1. The zero-order valence-electron chi connectivity index (χ0n) is 17.3. The number of nitrogens with zero attached hydrogens (tertiary/aromatic N) is 1. The molecule has 1 aromatic carbocycles. The van der Waals surface area contributed by atoms with E-state index in [1.54, 1.807) is 0 Å². The highest BCUT2D eigenvalue weighted by Crippen LogP contribution is 2.51. The molecule has 7 nitrogen and oxygen atoms in total. The maximum Gasteiger partial charge on any atom is 0.417 e. The molecule has 1 fully saturated rings. The number of methoxy groups -OCH3 is 1. The molecule has 12 heteroatoms. The number of aromatic nitrogens is 1. The van der Waals surface area contributed by atoms with E-state index in [0.29, 0.717) is 0 Å². The zero-order valence-corrected chi connectivity index (χ0v) is 18.1. The van der Waals surface area contributed by atoms with Gasteiger partial charge in [0, 0.05) is 35.7 Å². The van der Waals surface area contributed by atoms with Crippen molar-refractivity contribution in [2.45, 2.75) is 42.2 Å². The van der Waals surface area contributed by atoms with Crippen LogP contribution in [0.4, 0.5) is 23.2 Å². The minimum atomic E-state index is -4.77. The summed E-state index contributed by atoms with van der Waals surface area (Å²) in [6, 6.07) is 5.91. The minimum Gasteiger partial charge on any atom is -0.496 e. The average molecular weight is 475 g/mol. The summed E-state index contributed by atoms with van der Waals surface area (Å²) >= 11 is 0. The molecule has 2 heterocycles. The Balaban J connectivity index is 1.99. The van der Waals surface area contributed by atoms with Crippen LogP contribution in [0.2, 0.25) is 0 Å². The molecule has 1 amide bonds. The largest absolute Gasteiger partial charge is 0.496 e. The normalized spacial score (nSPS) is 25.2. The van der Waals surface area contributed by atoms with Crippen LogP contribution in [0, 0.1) is 10.6 Å². The van der Waals surface area contributed by atoms with Gasteiger partial charge in [0.15, 0.2) is 5.60 Å². The molecule has 0 unspecified atom stereocenters. The number of benzene rings is 1. The first-order chi connectivity index (χ1) is 14.7. The minimum absolute atomic E-state index is 0.00560. The third-order valence-corrected chi connectivity index (χ3v) is 6.24. The van der Waals surface area contributed by atoms with Crippen molar-refractivity contribution in [3.8, 4) is 5.75 Å². The topological polar surface area (TPSA) is 101 Å². The number of carbonyl (C=O) groups is 1. The van der Waals surface area contributed by atoms with Crippen molar-refractivity contribution in [1.29, 1.82) is 4.78 Å². The zero-order chi connectivity index (χ0) is 23.9. The number of ether oxygens (including phenoxy) is 2. The summed E-state index contributed by atoms with van der Waals surface area (Å²) < 4.78 is 84.7. The molecular weight excluding hydrogens is 454 g/mol. The second kappa shape index (κ2) is 8.32. The Kier molecular flexibility index (Phi) is 6.22. The summed E-state index contributed by atoms with van der Waals surface area (Å²) in [6.07, 6.45) is -4.57. The number of hydrogen-bond donors (Lipinski definition) is 2. The highest BCUT2D eigenvalue weighted by Gasteiger charge is 2.61. The maximum absolute atomic E-state index is 13.7. The lowest BCUT2D eigenvalue weighted by atomic mass is 9.86. The van der Waals surface area contributed by atoms with E-state index in [-0.39, 0.29) is 22.0 Å². The molecule has 1 saturated heterocycles. The molecular formula is C20H21F4N3O4S. The average Bonchev–Trinajstić information content (AvgIpc) is 3.06. The number of anilines is 1. The standard InChI is InChI=1S/C20H21F4N3O4S/c1-19(20(22,23)24)10-14(13-5-4-11(21)8-15(13)30-2)17(31-19)18(28)27-12-6-7-26-16(9-12)32(3,25)29/h4-9,14,17,25H,10H2,1-3H3,(H,26,27,28)/t14-,17+,19+,32-/m1/s1. The third-order valence-electron chi connectivity index (χ3n) is 5.22. The summed E-state index contributed by atoms with van der Waals surface area (Å²) in [5, 5.41) is 2.34. The van der Waals surface area contributed by atoms with Crippen LogP contribution in [-0.2, 0) is 19.3 Å². The van der Waals surface area contributed by atoms with Gasteiger partial charge in [-0.2, -0.15) is 13.2 Å². The molecule has 1 aliphatic heterocycles. The van der Waals surface area contributed by atoms with Crippen molar-refractivity contribution in [3.05, 3.63) is 47.9 Å². The number of pyridine rings is 1. The van der Waals surface area contributed by atoms with Gasteiger partial charge in [0.2, 0.25) is 0 Å². The maximum atomic E-state index is 13.7. The summed E-state index contributed by atoms with van der Waals surface area (Å²) in [6.45, 7) is 0.847. The van der Waals surface area contributed by atoms with Gasteiger partial charge >= 0.3 is 6.18 Å². The monoisotopic (exact) mass is 475 g/mol. The Morgan fingerprint density at radius 1 is 1.34 bits per heavy atom. The van der Waals surface area contributed by atoms with E-state index < -0.39 is 51.7 Å². The van der Waals surface area contributed by atoms with Crippen molar-refractivity contribution >= 4 is 21.3 Å². The second-order valence-corrected chi connectivity index (χ2v) is 9.79. The van der Waals surface area contributed by atoms with Crippen LogP contribution >= 0.6 is 0 Å². The molecule has 2 aromatic rings.